The van der Waals surface area contributed by atoms with Crippen molar-refractivity contribution < 1.29 is 0 Å². The summed E-state index contributed by atoms with van der Waals surface area (Å²) in [4.78, 5) is 12.6. The highest BCUT2D eigenvalue weighted by molar-refractivity contribution is 5.95. The van der Waals surface area contributed by atoms with Gasteiger partial charge in [-0.3, -0.25) is 0 Å². The molecule has 0 saturated carbocycles. The highest BCUT2D eigenvalue weighted by Gasteiger charge is 2.38. The largest absolute Gasteiger partial charge is 0.305 e. The summed E-state index contributed by atoms with van der Waals surface area (Å²) >= 11 is 0. The molecule has 1 aliphatic carbocycles. The molecule has 1 aliphatic heterocycles. The molecule has 0 N–H and O–H groups in total. The summed E-state index contributed by atoms with van der Waals surface area (Å²) in [6.45, 7) is 9.19. The molecule has 0 atom stereocenters. The lowest BCUT2D eigenvalue weighted by molar-refractivity contribution is 0.660. The van der Waals surface area contributed by atoms with Gasteiger partial charge in [0.25, 0.3) is 0 Å². The molecule has 4 aromatic carbocycles. The van der Waals surface area contributed by atoms with Gasteiger partial charge in [-0.2, -0.15) is 0 Å². The standard InChI is InChI=1S/C38H31N3/c1-4-5-8-19-28-25-41(36-23-33-31(22-30(28)36)29-20-13-14-21-32(29)38(33,2)3)37-39-34(26-15-9-6-10-16-26)24-35(40-37)27-17-11-7-12-18-27/h4-24H,1,25H2,2-3H3/b8-5-,28-19+. The van der Waals surface area contributed by atoms with Crippen molar-refractivity contribution in [1.29, 1.82) is 0 Å². The number of fused-ring (bicyclic) bond motifs is 4. The van der Waals surface area contributed by atoms with Crippen molar-refractivity contribution in [2.75, 3.05) is 11.4 Å². The molecule has 198 valence electrons. The molecule has 2 heterocycles. The maximum atomic E-state index is 5.16. The SMILES string of the molecule is C=C/C=C\C=C1/CN(c2nc(-c3ccccc3)cc(-c3ccccc3)n2)c2cc3c(cc21)-c1ccccc1C3(C)C. The van der Waals surface area contributed by atoms with E-state index >= 15 is 0 Å². The van der Waals surface area contributed by atoms with Crippen molar-refractivity contribution in [1.82, 2.24) is 9.97 Å². The van der Waals surface area contributed by atoms with E-state index in [4.69, 9.17) is 9.97 Å². The van der Waals surface area contributed by atoms with E-state index in [-0.39, 0.29) is 5.41 Å². The Kier molecular flexibility index (Phi) is 6.01. The molecule has 3 nitrogen and oxygen atoms in total. The first-order valence-electron chi connectivity index (χ1n) is 14.1. The van der Waals surface area contributed by atoms with Crippen LogP contribution in [0.3, 0.4) is 0 Å². The predicted molar refractivity (Wildman–Crippen MR) is 171 cm³/mol. The first-order valence-corrected chi connectivity index (χ1v) is 14.1. The molecule has 0 saturated heterocycles. The Hall–Kier alpha value is -5.02. The summed E-state index contributed by atoms with van der Waals surface area (Å²) in [6, 6.07) is 36.4. The third kappa shape index (κ3) is 4.22. The molecule has 0 unspecified atom stereocenters. The van der Waals surface area contributed by atoms with Crippen LogP contribution in [-0.2, 0) is 5.41 Å². The summed E-state index contributed by atoms with van der Waals surface area (Å²) in [5.41, 5.74) is 12.8. The van der Waals surface area contributed by atoms with E-state index in [1.807, 2.05) is 24.3 Å². The molecule has 0 fully saturated rings. The monoisotopic (exact) mass is 529 g/mol. The lowest BCUT2D eigenvalue weighted by Crippen LogP contribution is -2.19. The van der Waals surface area contributed by atoms with Crippen molar-refractivity contribution in [3.8, 4) is 33.6 Å². The minimum absolute atomic E-state index is 0.0935. The fourth-order valence-electron chi connectivity index (χ4n) is 6.20. The van der Waals surface area contributed by atoms with Crippen molar-refractivity contribution in [3.63, 3.8) is 0 Å². The number of rotatable bonds is 5. The fraction of sp³-hybridized carbons (Fsp3) is 0.105. The van der Waals surface area contributed by atoms with Gasteiger partial charge in [0.05, 0.1) is 23.6 Å². The minimum Gasteiger partial charge on any atom is -0.305 e. The Bertz CT molecular complexity index is 1790. The summed E-state index contributed by atoms with van der Waals surface area (Å²) in [6.07, 6.45) is 8.04. The van der Waals surface area contributed by atoms with Crippen LogP contribution in [0.1, 0.15) is 30.5 Å². The van der Waals surface area contributed by atoms with Crippen LogP contribution in [0, 0.1) is 0 Å². The van der Waals surface area contributed by atoms with Gasteiger partial charge >= 0.3 is 0 Å². The summed E-state index contributed by atoms with van der Waals surface area (Å²) in [7, 11) is 0. The average Bonchev–Trinajstić information content (AvgIpc) is 3.49. The van der Waals surface area contributed by atoms with E-state index in [2.05, 4.69) is 128 Å². The molecule has 41 heavy (non-hydrogen) atoms. The quantitative estimate of drug-likeness (QED) is 0.212. The Labute approximate surface area is 241 Å². The van der Waals surface area contributed by atoms with Crippen LogP contribution < -0.4 is 4.90 Å². The van der Waals surface area contributed by atoms with Gasteiger partial charge in [-0.15, -0.1) is 0 Å². The third-order valence-corrected chi connectivity index (χ3v) is 8.30. The third-order valence-electron chi connectivity index (χ3n) is 8.30. The highest BCUT2D eigenvalue weighted by atomic mass is 15.3. The summed E-state index contributed by atoms with van der Waals surface area (Å²) in [5, 5.41) is 0. The van der Waals surface area contributed by atoms with Gasteiger partial charge in [0.2, 0.25) is 5.95 Å². The smallest absolute Gasteiger partial charge is 0.231 e. The van der Waals surface area contributed by atoms with E-state index in [1.54, 1.807) is 0 Å². The Morgan fingerprint density at radius 2 is 1.32 bits per heavy atom. The Morgan fingerprint density at radius 3 is 1.98 bits per heavy atom. The van der Waals surface area contributed by atoms with E-state index < -0.39 is 0 Å². The van der Waals surface area contributed by atoms with Crippen molar-refractivity contribution in [3.05, 3.63) is 151 Å². The minimum atomic E-state index is -0.0935. The zero-order valence-electron chi connectivity index (χ0n) is 23.4. The molecular weight excluding hydrogens is 498 g/mol. The maximum Gasteiger partial charge on any atom is 0.231 e. The van der Waals surface area contributed by atoms with Crippen molar-refractivity contribution >= 4 is 17.2 Å². The molecule has 1 aromatic heterocycles. The fourth-order valence-corrected chi connectivity index (χ4v) is 6.20. The van der Waals surface area contributed by atoms with E-state index in [0.29, 0.717) is 12.5 Å². The molecule has 3 heteroatoms. The molecule has 7 rings (SSSR count). The van der Waals surface area contributed by atoms with Crippen LogP contribution in [0.2, 0.25) is 0 Å². The van der Waals surface area contributed by atoms with Gasteiger partial charge in [-0.25, -0.2) is 9.97 Å². The Balaban J connectivity index is 1.44. The topological polar surface area (TPSA) is 29.0 Å². The highest BCUT2D eigenvalue weighted by Crippen LogP contribution is 2.53. The number of nitrogens with zero attached hydrogens (tertiary/aromatic N) is 3. The Morgan fingerprint density at radius 1 is 0.683 bits per heavy atom. The van der Waals surface area contributed by atoms with Gasteiger partial charge in [-0.05, 0) is 46.0 Å². The molecule has 0 spiro atoms. The van der Waals surface area contributed by atoms with Crippen molar-refractivity contribution in [2.45, 2.75) is 19.3 Å². The van der Waals surface area contributed by atoms with E-state index in [1.165, 1.54) is 33.4 Å². The molecular formula is C38H31N3. The molecule has 0 amide bonds. The van der Waals surface area contributed by atoms with Gasteiger partial charge in [0, 0.05) is 22.1 Å². The second kappa shape index (κ2) is 9.87. The summed E-state index contributed by atoms with van der Waals surface area (Å²) < 4.78 is 0. The molecule has 2 aliphatic rings. The van der Waals surface area contributed by atoms with Crippen molar-refractivity contribution in [2.24, 2.45) is 0 Å². The number of hydrogen-bond acceptors (Lipinski definition) is 3. The first kappa shape index (κ1) is 25.0. The van der Waals surface area contributed by atoms with Crippen LogP contribution in [0.5, 0.6) is 0 Å². The molecule has 5 aromatic rings. The number of allylic oxidation sites excluding steroid dienone is 4. The lowest BCUT2D eigenvalue weighted by atomic mass is 9.82. The molecule has 0 bridgehead atoms. The maximum absolute atomic E-state index is 5.16. The van der Waals surface area contributed by atoms with Crippen LogP contribution in [0.4, 0.5) is 11.6 Å². The number of aromatic nitrogens is 2. The second-order valence-corrected chi connectivity index (χ2v) is 11.2. The van der Waals surface area contributed by atoms with Crippen LogP contribution >= 0.6 is 0 Å². The van der Waals surface area contributed by atoms with Gasteiger partial charge in [0.15, 0.2) is 0 Å². The van der Waals surface area contributed by atoms with Crippen LogP contribution in [-0.4, -0.2) is 16.5 Å². The normalized spacial score (nSPS) is 15.7. The zero-order valence-corrected chi connectivity index (χ0v) is 23.4. The predicted octanol–water partition coefficient (Wildman–Crippen LogP) is 9.39. The second-order valence-electron chi connectivity index (χ2n) is 11.2. The van der Waals surface area contributed by atoms with Gasteiger partial charge in [0.1, 0.15) is 0 Å². The number of benzene rings is 4. The van der Waals surface area contributed by atoms with Crippen LogP contribution in [0.15, 0.2) is 134 Å². The zero-order chi connectivity index (χ0) is 28.0. The lowest BCUT2D eigenvalue weighted by Gasteiger charge is -2.24. The van der Waals surface area contributed by atoms with Crippen LogP contribution in [0.25, 0.3) is 39.2 Å². The summed E-state index contributed by atoms with van der Waals surface area (Å²) in [5.74, 6) is 0.704. The van der Waals surface area contributed by atoms with E-state index in [9.17, 15) is 0 Å². The number of hydrogen-bond donors (Lipinski definition) is 0. The molecule has 0 radical (unpaired) electrons. The van der Waals surface area contributed by atoms with Gasteiger partial charge in [-0.1, -0.05) is 130 Å². The van der Waals surface area contributed by atoms with Gasteiger partial charge < -0.3 is 4.90 Å². The number of anilines is 2. The average molecular weight is 530 g/mol. The first-order chi connectivity index (χ1) is 20.0. The van der Waals surface area contributed by atoms with E-state index in [0.717, 1.165) is 28.2 Å².